The lowest BCUT2D eigenvalue weighted by Crippen LogP contribution is -2.18. The second-order valence-electron chi connectivity index (χ2n) is 6.72. The van der Waals surface area contributed by atoms with Gasteiger partial charge in [0.2, 0.25) is 0 Å². The van der Waals surface area contributed by atoms with E-state index in [4.69, 9.17) is 4.74 Å². The van der Waals surface area contributed by atoms with Crippen LogP contribution in [0, 0.1) is 5.92 Å². The summed E-state index contributed by atoms with van der Waals surface area (Å²) in [4.78, 5) is 14.5. The van der Waals surface area contributed by atoms with Gasteiger partial charge in [0.25, 0.3) is 5.91 Å². The number of hydrazone groups is 1. The second-order valence-corrected chi connectivity index (χ2v) is 7.86. The number of fused-ring (bicyclic) bond motifs is 1. The summed E-state index contributed by atoms with van der Waals surface area (Å²) >= 11 is 1.61. The topological polar surface area (TPSA) is 50.7 Å². The maximum Gasteiger partial charge on any atom is 0.281 e. The fourth-order valence-corrected chi connectivity index (χ4v) is 4.20. The zero-order chi connectivity index (χ0) is 17.8. The van der Waals surface area contributed by atoms with E-state index in [9.17, 15) is 4.79 Å². The molecule has 25 heavy (non-hydrogen) atoms. The highest BCUT2D eigenvalue weighted by atomic mass is 32.1. The van der Waals surface area contributed by atoms with E-state index in [0.29, 0.717) is 12.3 Å². The molecule has 4 nitrogen and oxygen atoms in total. The van der Waals surface area contributed by atoms with Crippen molar-refractivity contribution in [2.75, 3.05) is 7.11 Å². The molecule has 0 fully saturated rings. The van der Waals surface area contributed by atoms with Gasteiger partial charge in [-0.25, -0.2) is 5.43 Å². The van der Waals surface area contributed by atoms with Crippen LogP contribution < -0.4 is 10.2 Å². The highest BCUT2D eigenvalue weighted by Crippen LogP contribution is 2.32. The highest BCUT2D eigenvalue weighted by Gasteiger charge is 2.20. The number of methoxy groups -OCH3 is 1. The monoisotopic (exact) mass is 356 g/mol. The molecule has 1 aromatic heterocycles. The van der Waals surface area contributed by atoms with Gasteiger partial charge in [-0.05, 0) is 61.4 Å². The summed E-state index contributed by atoms with van der Waals surface area (Å²) < 4.78 is 5.16. The summed E-state index contributed by atoms with van der Waals surface area (Å²) in [6.07, 6.45) is 4.09. The molecule has 1 aliphatic carbocycles. The Morgan fingerprint density at radius 3 is 2.84 bits per heavy atom. The van der Waals surface area contributed by atoms with Crippen molar-refractivity contribution in [2.24, 2.45) is 11.0 Å². The number of nitrogens with one attached hydrogen (secondary N) is 1. The van der Waals surface area contributed by atoms with Crippen LogP contribution in [0.25, 0.3) is 0 Å². The van der Waals surface area contributed by atoms with Crippen molar-refractivity contribution in [3.8, 4) is 5.75 Å². The van der Waals surface area contributed by atoms with Crippen LogP contribution in [-0.2, 0) is 19.3 Å². The fraction of sp³-hybridized carbons (Fsp3) is 0.400. The molecule has 1 aliphatic rings. The first-order valence-corrected chi connectivity index (χ1v) is 9.45. The standard InChI is InChI=1S/C20H24N2O2S/c1-13-4-9-18-16(10-13)12-19(25-18)20(23)22-21-14(2)11-15-5-7-17(24-3)8-6-15/h5-8,12-13H,4,9-11H2,1-3H3,(H,22,23)/b21-14-/t13-/m0/s1. The van der Waals surface area contributed by atoms with Crippen LogP contribution in [0.2, 0.25) is 0 Å². The number of thiophene rings is 1. The van der Waals surface area contributed by atoms with Crippen LogP contribution in [0.4, 0.5) is 0 Å². The van der Waals surface area contributed by atoms with Gasteiger partial charge in [-0.15, -0.1) is 11.3 Å². The highest BCUT2D eigenvalue weighted by molar-refractivity contribution is 7.14. The number of ether oxygens (including phenoxy) is 1. The Morgan fingerprint density at radius 2 is 2.12 bits per heavy atom. The quantitative estimate of drug-likeness (QED) is 0.644. The Hall–Kier alpha value is -2.14. The lowest BCUT2D eigenvalue weighted by Gasteiger charge is -2.16. The number of carbonyl (C=O) groups excluding carboxylic acids is 1. The van der Waals surface area contributed by atoms with E-state index in [1.807, 2.05) is 37.3 Å². The summed E-state index contributed by atoms with van der Waals surface area (Å²) in [5.74, 6) is 1.44. The molecule has 0 bridgehead atoms. The molecule has 0 unspecified atom stereocenters. The summed E-state index contributed by atoms with van der Waals surface area (Å²) in [7, 11) is 1.65. The smallest absolute Gasteiger partial charge is 0.281 e. The van der Waals surface area contributed by atoms with Crippen LogP contribution in [0.5, 0.6) is 5.75 Å². The number of hydrogen-bond acceptors (Lipinski definition) is 4. The zero-order valence-electron chi connectivity index (χ0n) is 15.0. The first-order valence-electron chi connectivity index (χ1n) is 8.63. The van der Waals surface area contributed by atoms with Gasteiger partial charge in [-0.2, -0.15) is 5.10 Å². The van der Waals surface area contributed by atoms with Gasteiger partial charge >= 0.3 is 0 Å². The Kier molecular flexibility index (Phi) is 5.53. The number of amides is 1. The maximum absolute atomic E-state index is 12.4. The normalized spacial score (nSPS) is 17.1. The van der Waals surface area contributed by atoms with E-state index < -0.39 is 0 Å². The molecule has 1 heterocycles. The van der Waals surface area contributed by atoms with Gasteiger partial charge in [0.15, 0.2) is 0 Å². The molecule has 1 amide bonds. The first-order chi connectivity index (χ1) is 12.0. The lowest BCUT2D eigenvalue weighted by molar-refractivity contribution is 0.0958. The van der Waals surface area contributed by atoms with Crippen LogP contribution >= 0.6 is 11.3 Å². The lowest BCUT2D eigenvalue weighted by atomic mass is 9.90. The van der Waals surface area contributed by atoms with Crippen molar-refractivity contribution in [2.45, 2.75) is 39.5 Å². The van der Waals surface area contributed by atoms with E-state index in [1.54, 1.807) is 18.4 Å². The van der Waals surface area contributed by atoms with Crippen molar-refractivity contribution < 1.29 is 9.53 Å². The van der Waals surface area contributed by atoms with Crippen LogP contribution in [0.15, 0.2) is 35.4 Å². The van der Waals surface area contributed by atoms with E-state index in [-0.39, 0.29) is 5.91 Å². The van der Waals surface area contributed by atoms with Gasteiger partial charge < -0.3 is 4.74 Å². The molecule has 3 rings (SSSR count). The molecule has 0 aliphatic heterocycles. The third-order valence-corrected chi connectivity index (χ3v) is 5.76. The minimum atomic E-state index is -0.110. The molecule has 0 radical (unpaired) electrons. The van der Waals surface area contributed by atoms with Crippen molar-refractivity contribution in [3.63, 3.8) is 0 Å². The predicted molar refractivity (Wildman–Crippen MR) is 103 cm³/mol. The molecule has 0 saturated heterocycles. The number of benzene rings is 1. The number of rotatable bonds is 5. The molecule has 0 spiro atoms. The second kappa shape index (κ2) is 7.83. The van der Waals surface area contributed by atoms with E-state index in [1.165, 1.54) is 16.9 Å². The Labute approximate surface area is 152 Å². The first kappa shape index (κ1) is 17.7. The summed E-state index contributed by atoms with van der Waals surface area (Å²) in [6.45, 7) is 4.19. The Morgan fingerprint density at radius 1 is 1.36 bits per heavy atom. The largest absolute Gasteiger partial charge is 0.497 e. The van der Waals surface area contributed by atoms with Crippen molar-refractivity contribution in [3.05, 3.63) is 51.2 Å². The van der Waals surface area contributed by atoms with Crippen LogP contribution in [0.1, 0.15) is 45.9 Å². The molecule has 1 atom stereocenters. The predicted octanol–water partition coefficient (Wildman–Crippen LogP) is 4.23. The fourth-order valence-electron chi connectivity index (χ4n) is 3.10. The van der Waals surface area contributed by atoms with Crippen molar-refractivity contribution in [1.29, 1.82) is 0 Å². The SMILES string of the molecule is COc1ccc(C/C(C)=N\NC(=O)c2cc3c(s2)CC[C@H](C)C3)cc1. The Balaban J connectivity index is 1.59. The summed E-state index contributed by atoms with van der Waals surface area (Å²) in [5, 5.41) is 4.25. The Bertz CT molecular complexity index is 777. The average molecular weight is 356 g/mol. The number of nitrogens with zero attached hydrogens (tertiary/aromatic N) is 1. The molecule has 2 aromatic rings. The third kappa shape index (κ3) is 4.48. The van der Waals surface area contributed by atoms with E-state index in [0.717, 1.165) is 34.7 Å². The average Bonchev–Trinajstić information content (AvgIpc) is 3.03. The van der Waals surface area contributed by atoms with E-state index >= 15 is 0 Å². The molecular weight excluding hydrogens is 332 g/mol. The molecule has 0 saturated carbocycles. The van der Waals surface area contributed by atoms with Crippen molar-refractivity contribution in [1.82, 2.24) is 5.43 Å². The molecular formula is C20H24N2O2S. The zero-order valence-corrected chi connectivity index (χ0v) is 15.8. The van der Waals surface area contributed by atoms with Crippen LogP contribution in [-0.4, -0.2) is 18.7 Å². The summed E-state index contributed by atoms with van der Waals surface area (Å²) in [5.41, 5.74) is 6.04. The third-order valence-electron chi connectivity index (χ3n) is 4.52. The number of aryl methyl sites for hydroxylation is 1. The van der Waals surface area contributed by atoms with Gasteiger partial charge in [0.1, 0.15) is 5.75 Å². The van der Waals surface area contributed by atoms with Gasteiger partial charge in [-0.3, -0.25) is 4.79 Å². The molecule has 1 aromatic carbocycles. The molecule has 1 N–H and O–H groups in total. The van der Waals surface area contributed by atoms with Gasteiger partial charge in [-0.1, -0.05) is 19.1 Å². The number of hydrogen-bond donors (Lipinski definition) is 1. The number of carbonyl (C=O) groups is 1. The minimum Gasteiger partial charge on any atom is -0.497 e. The molecule has 132 valence electrons. The van der Waals surface area contributed by atoms with Crippen molar-refractivity contribution >= 4 is 23.0 Å². The van der Waals surface area contributed by atoms with E-state index in [2.05, 4.69) is 17.5 Å². The molecule has 5 heteroatoms. The summed E-state index contributed by atoms with van der Waals surface area (Å²) in [6, 6.07) is 9.92. The minimum absolute atomic E-state index is 0.110. The van der Waals surface area contributed by atoms with Gasteiger partial charge in [0, 0.05) is 17.0 Å². The maximum atomic E-state index is 12.4. The van der Waals surface area contributed by atoms with Crippen LogP contribution in [0.3, 0.4) is 0 Å². The van der Waals surface area contributed by atoms with Gasteiger partial charge in [0.05, 0.1) is 12.0 Å².